The SMILES string of the molecule is O=C(O)[C@H]1CNC[C@@H](N(Cc2ccccc2)C(=O)C2CCC2)C1. The zero-order valence-corrected chi connectivity index (χ0v) is 13.3. The molecule has 0 aromatic heterocycles. The van der Waals surface area contributed by atoms with E-state index < -0.39 is 11.9 Å². The van der Waals surface area contributed by atoms with Gasteiger partial charge in [-0.05, 0) is 24.8 Å². The summed E-state index contributed by atoms with van der Waals surface area (Å²) in [5.74, 6) is -0.874. The van der Waals surface area contributed by atoms with Crippen LogP contribution in [0.5, 0.6) is 0 Å². The molecule has 1 aliphatic heterocycles. The Morgan fingerprint density at radius 2 is 1.87 bits per heavy atom. The van der Waals surface area contributed by atoms with Crippen LogP contribution in [0, 0.1) is 11.8 Å². The van der Waals surface area contributed by atoms with Crippen LogP contribution in [-0.4, -0.2) is 41.0 Å². The van der Waals surface area contributed by atoms with E-state index in [2.05, 4.69) is 5.32 Å². The molecule has 23 heavy (non-hydrogen) atoms. The van der Waals surface area contributed by atoms with Crippen molar-refractivity contribution >= 4 is 11.9 Å². The molecular formula is C18H24N2O3. The lowest BCUT2D eigenvalue weighted by Gasteiger charge is -2.40. The second kappa shape index (κ2) is 7.13. The summed E-state index contributed by atoms with van der Waals surface area (Å²) in [4.78, 5) is 26.1. The third-order valence-corrected chi connectivity index (χ3v) is 5.05. The predicted octanol–water partition coefficient (Wildman–Crippen LogP) is 1.88. The molecule has 3 rings (SSSR count). The topological polar surface area (TPSA) is 69.6 Å². The molecule has 1 saturated carbocycles. The molecular weight excluding hydrogens is 292 g/mol. The van der Waals surface area contributed by atoms with Crippen molar-refractivity contribution in [1.82, 2.24) is 10.2 Å². The first-order chi connectivity index (χ1) is 11.1. The molecule has 1 heterocycles. The molecule has 1 saturated heterocycles. The zero-order chi connectivity index (χ0) is 16.2. The number of amides is 1. The van der Waals surface area contributed by atoms with E-state index >= 15 is 0 Å². The maximum atomic E-state index is 12.9. The number of nitrogens with zero attached hydrogens (tertiary/aromatic N) is 1. The number of nitrogens with one attached hydrogen (secondary N) is 1. The van der Waals surface area contributed by atoms with Crippen LogP contribution in [0.3, 0.4) is 0 Å². The standard InChI is InChI=1S/C18H24N2O3/c21-17(14-7-4-8-14)20(12-13-5-2-1-3-6-13)16-9-15(18(22)23)10-19-11-16/h1-3,5-6,14-16,19H,4,7-12H2,(H,22,23)/t15-,16+/m1/s1. The molecule has 2 N–H and O–H groups in total. The normalized spacial score (nSPS) is 24.7. The molecule has 5 heteroatoms. The Bertz CT molecular complexity index is 557. The van der Waals surface area contributed by atoms with Gasteiger partial charge < -0.3 is 15.3 Å². The molecule has 1 aliphatic carbocycles. The second-order valence-electron chi connectivity index (χ2n) is 6.66. The minimum Gasteiger partial charge on any atom is -0.481 e. The Balaban J connectivity index is 1.76. The molecule has 124 valence electrons. The monoisotopic (exact) mass is 316 g/mol. The highest BCUT2D eigenvalue weighted by Crippen LogP contribution is 2.31. The Morgan fingerprint density at radius 3 is 2.48 bits per heavy atom. The number of rotatable bonds is 5. The predicted molar refractivity (Wildman–Crippen MR) is 86.7 cm³/mol. The van der Waals surface area contributed by atoms with Gasteiger partial charge in [-0.1, -0.05) is 36.8 Å². The van der Waals surface area contributed by atoms with Crippen LogP contribution in [0.15, 0.2) is 30.3 Å². The first-order valence-electron chi connectivity index (χ1n) is 8.43. The van der Waals surface area contributed by atoms with Crippen LogP contribution >= 0.6 is 0 Å². The van der Waals surface area contributed by atoms with Crippen molar-refractivity contribution in [3.8, 4) is 0 Å². The Morgan fingerprint density at radius 1 is 1.13 bits per heavy atom. The number of carboxylic acids is 1. The molecule has 5 nitrogen and oxygen atoms in total. The van der Waals surface area contributed by atoms with Crippen LogP contribution in [0.1, 0.15) is 31.2 Å². The van der Waals surface area contributed by atoms with Gasteiger partial charge in [-0.25, -0.2) is 0 Å². The van der Waals surface area contributed by atoms with Crippen LogP contribution in [0.2, 0.25) is 0 Å². The summed E-state index contributed by atoms with van der Waals surface area (Å²) in [5.41, 5.74) is 1.10. The lowest BCUT2D eigenvalue weighted by atomic mass is 9.83. The van der Waals surface area contributed by atoms with Gasteiger partial charge in [0, 0.05) is 31.6 Å². The summed E-state index contributed by atoms with van der Waals surface area (Å²) < 4.78 is 0. The lowest BCUT2D eigenvalue weighted by molar-refractivity contribution is -0.147. The Labute approximate surface area is 136 Å². The average Bonchev–Trinajstić information content (AvgIpc) is 2.52. The van der Waals surface area contributed by atoms with E-state index in [-0.39, 0.29) is 17.9 Å². The van der Waals surface area contributed by atoms with Crippen LogP contribution in [0.4, 0.5) is 0 Å². The molecule has 1 aromatic carbocycles. The fourth-order valence-corrected chi connectivity index (χ4v) is 3.40. The summed E-state index contributed by atoms with van der Waals surface area (Å²) in [6.07, 6.45) is 3.59. The van der Waals surface area contributed by atoms with Gasteiger partial charge in [-0.3, -0.25) is 9.59 Å². The molecule has 2 aliphatic rings. The second-order valence-corrected chi connectivity index (χ2v) is 6.66. The lowest BCUT2D eigenvalue weighted by Crippen LogP contribution is -2.54. The van der Waals surface area contributed by atoms with Gasteiger partial charge >= 0.3 is 5.97 Å². The highest BCUT2D eigenvalue weighted by molar-refractivity contribution is 5.80. The summed E-state index contributed by atoms with van der Waals surface area (Å²) in [6.45, 7) is 1.73. The summed E-state index contributed by atoms with van der Waals surface area (Å²) >= 11 is 0. The molecule has 2 fully saturated rings. The number of carbonyl (C=O) groups is 2. The molecule has 0 unspecified atom stereocenters. The van der Waals surface area contributed by atoms with Crippen molar-refractivity contribution in [3.63, 3.8) is 0 Å². The van der Waals surface area contributed by atoms with E-state index in [0.29, 0.717) is 26.1 Å². The third-order valence-electron chi connectivity index (χ3n) is 5.05. The highest BCUT2D eigenvalue weighted by atomic mass is 16.4. The van der Waals surface area contributed by atoms with Crippen molar-refractivity contribution in [2.24, 2.45) is 11.8 Å². The van der Waals surface area contributed by atoms with E-state index in [9.17, 15) is 14.7 Å². The van der Waals surface area contributed by atoms with Crippen LogP contribution in [0.25, 0.3) is 0 Å². The summed E-state index contributed by atoms with van der Waals surface area (Å²) in [6, 6.07) is 9.90. The quantitative estimate of drug-likeness (QED) is 0.870. The Kier molecular flexibility index (Phi) is 4.96. The minimum atomic E-state index is -0.780. The zero-order valence-electron chi connectivity index (χ0n) is 13.3. The van der Waals surface area contributed by atoms with Gasteiger partial charge in [0.25, 0.3) is 0 Å². The number of carboxylic acid groups (broad SMARTS) is 1. The van der Waals surface area contributed by atoms with Crippen molar-refractivity contribution in [3.05, 3.63) is 35.9 Å². The smallest absolute Gasteiger partial charge is 0.307 e. The van der Waals surface area contributed by atoms with E-state index in [0.717, 1.165) is 24.8 Å². The Hall–Kier alpha value is -1.88. The number of aliphatic carboxylic acids is 1. The highest BCUT2D eigenvalue weighted by Gasteiger charge is 2.36. The first-order valence-corrected chi connectivity index (χ1v) is 8.43. The fraction of sp³-hybridized carbons (Fsp3) is 0.556. The van der Waals surface area contributed by atoms with E-state index in [1.165, 1.54) is 0 Å². The minimum absolute atomic E-state index is 0.0434. The van der Waals surface area contributed by atoms with Crippen LogP contribution < -0.4 is 5.32 Å². The fourth-order valence-electron chi connectivity index (χ4n) is 3.40. The largest absolute Gasteiger partial charge is 0.481 e. The molecule has 1 aromatic rings. The number of hydrogen-bond acceptors (Lipinski definition) is 3. The first kappa shape index (κ1) is 16.0. The molecule has 0 spiro atoms. The van der Waals surface area contributed by atoms with Crippen molar-refractivity contribution < 1.29 is 14.7 Å². The summed E-state index contributed by atoms with van der Waals surface area (Å²) in [5, 5.41) is 12.5. The number of benzene rings is 1. The van der Waals surface area contributed by atoms with Gasteiger partial charge in [0.2, 0.25) is 5.91 Å². The van der Waals surface area contributed by atoms with Gasteiger partial charge in [0.1, 0.15) is 0 Å². The van der Waals surface area contributed by atoms with E-state index in [1.54, 1.807) is 0 Å². The maximum Gasteiger partial charge on any atom is 0.307 e. The van der Waals surface area contributed by atoms with Crippen molar-refractivity contribution in [2.75, 3.05) is 13.1 Å². The molecule has 1 amide bonds. The van der Waals surface area contributed by atoms with E-state index in [1.807, 2.05) is 35.2 Å². The third kappa shape index (κ3) is 3.72. The number of piperidine rings is 1. The van der Waals surface area contributed by atoms with Crippen LogP contribution in [-0.2, 0) is 16.1 Å². The molecule has 0 radical (unpaired) electrons. The van der Waals surface area contributed by atoms with Gasteiger partial charge in [0.05, 0.1) is 5.92 Å². The van der Waals surface area contributed by atoms with Gasteiger partial charge in [-0.15, -0.1) is 0 Å². The maximum absolute atomic E-state index is 12.9. The van der Waals surface area contributed by atoms with Crippen molar-refractivity contribution in [1.29, 1.82) is 0 Å². The van der Waals surface area contributed by atoms with E-state index in [4.69, 9.17) is 0 Å². The van der Waals surface area contributed by atoms with Gasteiger partial charge in [-0.2, -0.15) is 0 Å². The summed E-state index contributed by atoms with van der Waals surface area (Å²) in [7, 11) is 0. The van der Waals surface area contributed by atoms with Crippen molar-refractivity contribution in [2.45, 2.75) is 38.3 Å². The van der Waals surface area contributed by atoms with Gasteiger partial charge in [0.15, 0.2) is 0 Å². The number of hydrogen-bond donors (Lipinski definition) is 2. The molecule has 2 atom stereocenters. The average molecular weight is 316 g/mol. The molecule has 0 bridgehead atoms. The number of carbonyl (C=O) groups excluding carboxylic acids is 1.